The number of carbonyl (C=O) groups excluding carboxylic acids is 5. The monoisotopic (exact) mass is 834 g/mol. The highest BCUT2D eigenvalue weighted by molar-refractivity contribution is 5.95. The van der Waals surface area contributed by atoms with Crippen molar-refractivity contribution in [2.24, 2.45) is 18.9 Å². The number of aromatic nitrogens is 3. The van der Waals surface area contributed by atoms with Crippen LogP contribution in [0, 0.1) is 11.8 Å². The fourth-order valence-corrected chi connectivity index (χ4v) is 8.29. The molecular weight excluding hydrogens is 782 g/mol. The van der Waals surface area contributed by atoms with Gasteiger partial charge in [0.05, 0.1) is 35.6 Å². The number of alkyl halides is 3. The quantitative estimate of drug-likeness (QED) is 0.0975. The number of amides is 3. The molecule has 0 spiro atoms. The molecule has 3 heterocycles. The predicted octanol–water partition coefficient (Wildman–Crippen LogP) is 5.83. The number of aryl methyl sites for hydroxylation is 1. The van der Waals surface area contributed by atoms with E-state index in [4.69, 9.17) is 9.47 Å². The Morgan fingerprint density at radius 1 is 1.07 bits per heavy atom. The first-order valence-electron chi connectivity index (χ1n) is 19.8. The number of nitrogens with zero attached hydrogens (tertiary/aromatic N) is 5. The highest BCUT2D eigenvalue weighted by Gasteiger charge is 2.38. The van der Waals surface area contributed by atoms with Gasteiger partial charge in [0.2, 0.25) is 17.7 Å². The molecule has 4 unspecified atom stereocenters. The molecule has 13 nitrogen and oxygen atoms in total. The van der Waals surface area contributed by atoms with Crippen molar-refractivity contribution >= 4 is 41.4 Å². The summed E-state index contributed by atoms with van der Waals surface area (Å²) in [5.41, 5.74) is 4.23. The SMILES string of the molecule is C=CC(=O)N1CCC(C(=O)N(C)C(C(=O)NC(C=O)Cc2cccc(-c3ccc4c(c3)c(C[C@@H](C)OC=O)c(-c3cnn(C)c3C(C)OC)n4CC(F)(F)F)c2)C(C)C)C1. The lowest BCUT2D eigenvalue weighted by Gasteiger charge is -2.32. The van der Waals surface area contributed by atoms with Gasteiger partial charge in [-0.25, -0.2) is 0 Å². The highest BCUT2D eigenvalue weighted by atomic mass is 19.4. The first-order valence-corrected chi connectivity index (χ1v) is 19.8. The van der Waals surface area contributed by atoms with Gasteiger partial charge in [0, 0.05) is 57.2 Å². The van der Waals surface area contributed by atoms with Gasteiger partial charge in [0.1, 0.15) is 25.0 Å². The molecule has 1 N–H and O–H groups in total. The summed E-state index contributed by atoms with van der Waals surface area (Å²) in [4.78, 5) is 66.0. The molecule has 0 radical (unpaired) electrons. The van der Waals surface area contributed by atoms with Crippen LogP contribution in [0.15, 0.2) is 61.3 Å². The van der Waals surface area contributed by atoms with Crippen molar-refractivity contribution in [3.05, 3.63) is 78.1 Å². The summed E-state index contributed by atoms with van der Waals surface area (Å²) in [5, 5.41) is 7.72. The summed E-state index contributed by atoms with van der Waals surface area (Å²) in [7, 11) is 4.75. The van der Waals surface area contributed by atoms with Gasteiger partial charge in [-0.2, -0.15) is 18.3 Å². The third-order valence-electron chi connectivity index (χ3n) is 11.2. The molecule has 60 heavy (non-hydrogen) atoms. The maximum Gasteiger partial charge on any atom is 0.406 e. The number of rotatable bonds is 18. The van der Waals surface area contributed by atoms with Crippen LogP contribution in [0.1, 0.15) is 57.0 Å². The molecule has 16 heteroatoms. The average Bonchev–Trinajstić information content (AvgIpc) is 3.92. The second-order valence-corrected chi connectivity index (χ2v) is 15.7. The van der Waals surface area contributed by atoms with E-state index in [-0.39, 0.29) is 42.8 Å². The average molecular weight is 835 g/mol. The lowest BCUT2D eigenvalue weighted by Crippen LogP contribution is -2.54. The Kier molecular flexibility index (Phi) is 14.4. The van der Waals surface area contributed by atoms with E-state index in [1.54, 1.807) is 67.9 Å². The number of hydrogen-bond donors (Lipinski definition) is 1. The smallest absolute Gasteiger partial charge is 0.406 e. The molecular formula is C44H53F3N6O7. The lowest BCUT2D eigenvalue weighted by molar-refractivity contribution is -0.144. The van der Waals surface area contributed by atoms with Gasteiger partial charge in [0.25, 0.3) is 6.47 Å². The van der Waals surface area contributed by atoms with Crippen LogP contribution in [0.5, 0.6) is 0 Å². The molecule has 1 aliphatic rings. The fourth-order valence-electron chi connectivity index (χ4n) is 8.29. The Morgan fingerprint density at radius 2 is 1.78 bits per heavy atom. The van der Waals surface area contributed by atoms with Crippen LogP contribution < -0.4 is 5.32 Å². The van der Waals surface area contributed by atoms with Crippen molar-refractivity contribution in [2.45, 2.75) is 84.0 Å². The zero-order valence-electron chi connectivity index (χ0n) is 35.0. The molecule has 0 aliphatic carbocycles. The summed E-state index contributed by atoms with van der Waals surface area (Å²) < 4.78 is 56.6. The lowest BCUT2D eigenvalue weighted by atomic mass is 9.95. The molecule has 3 amide bonds. The van der Waals surface area contributed by atoms with Gasteiger partial charge in [0.15, 0.2) is 0 Å². The minimum Gasteiger partial charge on any atom is -0.465 e. The number of fused-ring (bicyclic) bond motifs is 1. The van der Waals surface area contributed by atoms with E-state index in [0.29, 0.717) is 70.1 Å². The number of methoxy groups -OCH3 is 1. The predicted molar refractivity (Wildman–Crippen MR) is 219 cm³/mol. The molecule has 2 aromatic carbocycles. The molecule has 0 bridgehead atoms. The Hall–Kier alpha value is -5.77. The van der Waals surface area contributed by atoms with Gasteiger partial charge in [-0.15, -0.1) is 0 Å². The van der Waals surface area contributed by atoms with Crippen LogP contribution in [0.2, 0.25) is 0 Å². The Balaban J connectivity index is 1.47. The number of benzene rings is 2. The summed E-state index contributed by atoms with van der Waals surface area (Å²) in [6.07, 6.45) is -1.73. The van der Waals surface area contributed by atoms with Crippen molar-refractivity contribution in [1.29, 1.82) is 0 Å². The number of likely N-dealkylation sites (N-methyl/N-ethyl adjacent to an activating group) is 1. The Morgan fingerprint density at radius 3 is 2.42 bits per heavy atom. The Bertz CT molecular complexity index is 2230. The second-order valence-electron chi connectivity index (χ2n) is 15.7. The second kappa shape index (κ2) is 19.1. The van der Waals surface area contributed by atoms with Gasteiger partial charge < -0.3 is 34.0 Å². The number of halogens is 3. The first kappa shape index (κ1) is 45.3. The molecule has 0 saturated carbocycles. The maximum absolute atomic E-state index is 14.3. The molecule has 2 aromatic heterocycles. The van der Waals surface area contributed by atoms with E-state index in [0.717, 1.165) is 0 Å². The van der Waals surface area contributed by atoms with E-state index in [1.807, 2.05) is 26.0 Å². The zero-order chi connectivity index (χ0) is 44.1. The van der Waals surface area contributed by atoms with E-state index in [2.05, 4.69) is 17.0 Å². The van der Waals surface area contributed by atoms with Crippen molar-refractivity contribution in [3.8, 4) is 22.4 Å². The summed E-state index contributed by atoms with van der Waals surface area (Å²) in [6, 6.07) is 10.6. The van der Waals surface area contributed by atoms with Crippen LogP contribution in [0.3, 0.4) is 0 Å². The molecule has 1 fully saturated rings. The number of hydrogen-bond acceptors (Lipinski definition) is 8. The van der Waals surface area contributed by atoms with Crippen LogP contribution in [-0.4, -0.2) is 106 Å². The van der Waals surface area contributed by atoms with Crippen LogP contribution >= 0.6 is 0 Å². The number of nitrogens with one attached hydrogen (secondary N) is 1. The third kappa shape index (κ3) is 9.97. The Labute approximate surface area is 347 Å². The highest BCUT2D eigenvalue weighted by Crippen LogP contribution is 2.41. The van der Waals surface area contributed by atoms with E-state index in [1.165, 1.54) is 28.8 Å². The third-order valence-corrected chi connectivity index (χ3v) is 11.2. The topological polar surface area (TPSA) is 145 Å². The van der Waals surface area contributed by atoms with Crippen LogP contribution in [0.4, 0.5) is 13.2 Å². The molecule has 1 aliphatic heterocycles. The van der Waals surface area contributed by atoms with Gasteiger partial charge in [-0.1, -0.05) is 50.8 Å². The van der Waals surface area contributed by atoms with Crippen LogP contribution in [0.25, 0.3) is 33.3 Å². The summed E-state index contributed by atoms with van der Waals surface area (Å²) >= 11 is 0. The number of ether oxygens (including phenoxy) is 2. The van der Waals surface area contributed by atoms with Crippen molar-refractivity contribution in [1.82, 2.24) is 29.5 Å². The standard InChI is InChI=1S/C44H53F3N6O7/c1-9-38(56)52-16-15-32(22-52)43(58)50(6)39(26(2)3)42(57)49-33(23-54)19-29-11-10-12-30(18-29)31-13-14-37-34(20-31)35(17-27(4)60-25-55)41(53(37)24-44(45,46)47)36-21-48-51(7)40(36)28(5)59-8/h9-14,18,20-21,23,25-28,32-33,39H,1,15-17,19,22,24H2,2-8H3,(H,49,57)/t27-,28?,32?,33?,39?/m1/s1. The molecule has 5 atom stereocenters. The number of likely N-dealkylation sites (tertiary alicyclic amines) is 1. The summed E-state index contributed by atoms with van der Waals surface area (Å²) in [5.74, 6) is -1.78. The summed E-state index contributed by atoms with van der Waals surface area (Å²) in [6.45, 7) is 10.2. The number of aldehydes is 1. The van der Waals surface area contributed by atoms with Crippen molar-refractivity contribution < 1.29 is 46.6 Å². The van der Waals surface area contributed by atoms with E-state index in [9.17, 15) is 37.1 Å². The number of carbonyl (C=O) groups is 5. The minimum atomic E-state index is -4.58. The van der Waals surface area contributed by atoms with E-state index < -0.39 is 48.8 Å². The molecule has 1 saturated heterocycles. The van der Waals surface area contributed by atoms with Gasteiger partial charge >= 0.3 is 6.18 Å². The van der Waals surface area contributed by atoms with Crippen molar-refractivity contribution in [3.63, 3.8) is 0 Å². The first-order chi connectivity index (χ1) is 28.4. The molecule has 322 valence electrons. The normalized spacial score (nSPS) is 16.3. The van der Waals surface area contributed by atoms with Crippen LogP contribution in [-0.2, 0) is 59.9 Å². The maximum atomic E-state index is 14.3. The molecule has 4 aromatic rings. The largest absolute Gasteiger partial charge is 0.465 e. The zero-order valence-corrected chi connectivity index (χ0v) is 35.0. The van der Waals surface area contributed by atoms with E-state index >= 15 is 0 Å². The molecule has 5 rings (SSSR count). The van der Waals surface area contributed by atoms with Gasteiger partial charge in [-0.05, 0) is 73.1 Å². The fraction of sp³-hybridized carbons (Fsp3) is 0.455. The minimum absolute atomic E-state index is 0.0988. The van der Waals surface area contributed by atoms with Crippen molar-refractivity contribution in [2.75, 3.05) is 27.2 Å². The van der Waals surface area contributed by atoms with Gasteiger partial charge in [-0.3, -0.25) is 23.9 Å².